The third-order valence-corrected chi connectivity index (χ3v) is 7.48. The molecule has 0 amide bonds. The first-order valence-corrected chi connectivity index (χ1v) is 10.6. The maximum atomic E-state index is 12.8. The number of benzene rings is 1. The lowest BCUT2D eigenvalue weighted by molar-refractivity contribution is 0.555. The van der Waals surface area contributed by atoms with Crippen LogP contribution in [0.1, 0.15) is 31.7 Å². The molecule has 132 valence electrons. The van der Waals surface area contributed by atoms with E-state index in [9.17, 15) is 16.8 Å². The molecule has 1 aromatic carbocycles. The molecule has 8 heteroatoms. The third-order valence-electron chi connectivity index (χ3n) is 3.86. The first-order valence-electron chi connectivity index (χ1n) is 7.63. The molecule has 0 radical (unpaired) electrons. The van der Waals surface area contributed by atoms with E-state index in [1.807, 2.05) is 6.92 Å². The van der Waals surface area contributed by atoms with E-state index in [-0.39, 0.29) is 21.5 Å². The predicted molar refractivity (Wildman–Crippen MR) is 93.0 cm³/mol. The fourth-order valence-electron chi connectivity index (χ4n) is 2.47. The van der Waals surface area contributed by atoms with Crippen LogP contribution in [0.2, 0.25) is 0 Å². The number of hydrogen-bond acceptors (Lipinski definition) is 4. The van der Waals surface area contributed by atoms with E-state index in [2.05, 4.69) is 4.72 Å². The van der Waals surface area contributed by atoms with Gasteiger partial charge in [0.1, 0.15) is 4.90 Å². The van der Waals surface area contributed by atoms with Crippen LogP contribution in [-0.2, 0) is 20.0 Å². The highest BCUT2D eigenvalue weighted by Crippen LogP contribution is 2.25. The van der Waals surface area contributed by atoms with E-state index in [1.54, 1.807) is 32.0 Å². The first-order chi connectivity index (χ1) is 11.1. The van der Waals surface area contributed by atoms with Crippen molar-refractivity contribution < 1.29 is 16.8 Å². The van der Waals surface area contributed by atoms with Crippen molar-refractivity contribution in [2.45, 2.75) is 49.9 Å². The molecule has 1 N–H and O–H groups in total. The second-order valence-electron chi connectivity index (χ2n) is 5.75. The van der Waals surface area contributed by atoms with Gasteiger partial charge in [-0.15, -0.1) is 0 Å². The average Bonchev–Trinajstić information content (AvgIpc) is 2.83. The number of sulfonamides is 1. The average molecular weight is 370 g/mol. The summed E-state index contributed by atoms with van der Waals surface area (Å²) in [4.78, 5) is 0.102. The molecule has 1 atom stereocenters. The molecule has 2 aromatic rings. The predicted octanol–water partition coefficient (Wildman–Crippen LogP) is 2.42. The Labute approximate surface area is 143 Å². The lowest BCUT2D eigenvalue weighted by atomic mass is 10.3. The van der Waals surface area contributed by atoms with Gasteiger partial charge in [0, 0.05) is 11.7 Å². The summed E-state index contributed by atoms with van der Waals surface area (Å²) >= 11 is 0. The minimum Gasteiger partial charge on any atom is -0.242 e. The fourth-order valence-corrected chi connectivity index (χ4v) is 5.76. The fraction of sp³-hybridized carbons (Fsp3) is 0.375. The summed E-state index contributed by atoms with van der Waals surface area (Å²) < 4.78 is 54.4. The summed E-state index contributed by atoms with van der Waals surface area (Å²) in [7, 11) is -7.63. The molecular weight excluding hydrogens is 348 g/mol. The Bertz CT molecular complexity index is 930. The Morgan fingerprint density at radius 3 is 2.21 bits per heavy atom. The van der Waals surface area contributed by atoms with Crippen LogP contribution in [0.3, 0.4) is 0 Å². The Kier molecular flexibility index (Phi) is 5.22. The van der Waals surface area contributed by atoms with Crippen LogP contribution in [0.5, 0.6) is 0 Å². The summed E-state index contributed by atoms with van der Waals surface area (Å²) in [6, 6.07) is 9.11. The van der Waals surface area contributed by atoms with E-state index in [0.717, 1.165) is 3.97 Å². The van der Waals surface area contributed by atoms with Gasteiger partial charge in [-0.1, -0.05) is 25.1 Å². The van der Waals surface area contributed by atoms with Gasteiger partial charge in [-0.2, -0.15) is 0 Å². The number of rotatable bonds is 6. The lowest BCUT2D eigenvalue weighted by Crippen LogP contribution is -2.32. The van der Waals surface area contributed by atoms with Crippen molar-refractivity contribution >= 4 is 20.0 Å². The minimum absolute atomic E-state index is 0.0141. The van der Waals surface area contributed by atoms with Crippen LogP contribution in [-0.4, -0.2) is 26.8 Å². The number of nitrogens with one attached hydrogen (secondary N) is 1. The second kappa shape index (κ2) is 6.70. The summed E-state index contributed by atoms with van der Waals surface area (Å²) in [5.74, 6) is 0. The number of aromatic nitrogens is 1. The van der Waals surface area contributed by atoms with Crippen molar-refractivity contribution in [1.82, 2.24) is 8.69 Å². The first kappa shape index (κ1) is 18.7. The summed E-state index contributed by atoms with van der Waals surface area (Å²) in [6.45, 7) is 6.71. The van der Waals surface area contributed by atoms with E-state index in [4.69, 9.17) is 0 Å². The summed E-state index contributed by atoms with van der Waals surface area (Å²) in [5, 5.41) is 0. The van der Waals surface area contributed by atoms with Gasteiger partial charge in [0.2, 0.25) is 10.0 Å². The SMILES string of the molecule is CC[C@H](C)NS(=O)(=O)c1cc(C)n(S(=O)(=O)c2ccccc2)c1C. The molecule has 0 bridgehead atoms. The molecular formula is C16H22N2O4S2. The largest absolute Gasteiger partial charge is 0.268 e. The topological polar surface area (TPSA) is 85.2 Å². The normalized spacial score (nSPS) is 13.8. The van der Waals surface area contributed by atoms with Crippen LogP contribution in [0.4, 0.5) is 0 Å². The Hall–Kier alpha value is -1.64. The molecule has 0 saturated heterocycles. The Morgan fingerprint density at radius 1 is 1.08 bits per heavy atom. The zero-order valence-corrected chi connectivity index (χ0v) is 15.8. The van der Waals surface area contributed by atoms with Crippen LogP contribution in [0.15, 0.2) is 46.2 Å². The molecule has 0 saturated carbocycles. The highest BCUT2D eigenvalue weighted by Gasteiger charge is 2.28. The van der Waals surface area contributed by atoms with Crippen LogP contribution >= 0.6 is 0 Å². The molecule has 0 fully saturated rings. The highest BCUT2D eigenvalue weighted by molar-refractivity contribution is 7.90. The van der Waals surface area contributed by atoms with Gasteiger partial charge < -0.3 is 0 Å². The molecule has 2 rings (SSSR count). The van der Waals surface area contributed by atoms with Gasteiger partial charge in [-0.05, 0) is 45.4 Å². The van der Waals surface area contributed by atoms with Crippen LogP contribution in [0, 0.1) is 13.8 Å². The molecule has 1 heterocycles. The van der Waals surface area contributed by atoms with E-state index < -0.39 is 20.0 Å². The zero-order chi connectivity index (χ0) is 18.1. The Morgan fingerprint density at radius 2 is 1.67 bits per heavy atom. The third kappa shape index (κ3) is 3.40. The Balaban J connectivity index is 2.59. The lowest BCUT2D eigenvalue weighted by Gasteiger charge is -2.13. The molecule has 0 aliphatic rings. The molecule has 6 nitrogen and oxygen atoms in total. The molecule has 1 aromatic heterocycles. The molecule has 0 aliphatic carbocycles. The van der Waals surface area contributed by atoms with E-state index in [0.29, 0.717) is 12.1 Å². The van der Waals surface area contributed by atoms with Crippen LogP contribution in [0.25, 0.3) is 0 Å². The monoisotopic (exact) mass is 370 g/mol. The standard InChI is InChI=1S/C16H22N2O4S2/c1-5-12(2)17-23(19,20)16-11-13(3)18(14(16)4)24(21,22)15-9-7-6-8-10-15/h6-12,17H,5H2,1-4H3/t12-/m0/s1. The van der Waals surface area contributed by atoms with Gasteiger partial charge in [-0.25, -0.2) is 25.5 Å². The second-order valence-corrected chi connectivity index (χ2v) is 9.22. The van der Waals surface area contributed by atoms with Gasteiger partial charge in [0.05, 0.1) is 10.6 Å². The smallest absolute Gasteiger partial charge is 0.242 e. The summed E-state index contributed by atoms with van der Waals surface area (Å²) in [6.07, 6.45) is 0.639. The van der Waals surface area contributed by atoms with Crippen molar-refractivity contribution in [3.8, 4) is 0 Å². The van der Waals surface area contributed by atoms with E-state index >= 15 is 0 Å². The highest BCUT2D eigenvalue weighted by atomic mass is 32.2. The number of nitrogens with zero attached hydrogens (tertiary/aromatic N) is 1. The van der Waals surface area contributed by atoms with Gasteiger partial charge in [0.25, 0.3) is 10.0 Å². The van der Waals surface area contributed by atoms with E-state index in [1.165, 1.54) is 25.1 Å². The van der Waals surface area contributed by atoms with Crippen molar-refractivity contribution in [3.63, 3.8) is 0 Å². The van der Waals surface area contributed by atoms with Crippen molar-refractivity contribution in [3.05, 3.63) is 47.8 Å². The van der Waals surface area contributed by atoms with Crippen molar-refractivity contribution in [1.29, 1.82) is 0 Å². The van der Waals surface area contributed by atoms with Crippen molar-refractivity contribution in [2.75, 3.05) is 0 Å². The van der Waals surface area contributed by atoms with Crippen molar-refractivity contribution in [2.24, 2.45) is 0 Å². The van der Waals surface area contributed by atoms with Crippen LogP contribution < -0.4 is 4.72 Å². The molecule has 0 aliphatic heterocycles. The van der Waals surface area contributed by atoms with Gasteiger partial charge in [0.15, 0.2) is 0 Å². The molecule has 0 unspecified atom stereocenters. The molecule has 24 heavy (non-hydrogen) atoms. The summed E-state index contributed by atoms with van der Waals surface area (Å²) in [5.41, 5.74) is 0.521. The maximum absolute atomic E-state index is 12.8. The van der Waals surface area contributed by atoms with Gasteiger partial charge in [-0.3, -0.25) is 0 Å². The number of hydrogen-bond donors (Lipinski definition) is 1. The maximum Gasteiger partial charge on any atom is 0.268 e. The quantitative estimate of drug-likeness (QED) is 0.846. The number of aryl methyl sites for hydroxylation is 1. The van der Waals surface area contributed by atoms with Gasteiger partial charge >= 0.3 is 0 Å². The molecule has 0 spiro atoms. The zero-order valence-electron chi connectivity index (χ0n) is 14.1. The minimum atomic E-state index is -3.85.